The van der Waals surface area contributed by atoms with Gasteiger partial charge in [0.1, 0.15) is 0 Å². The number of hydrogen-bond donors (Lipinski definition) is 1. The lowest BCUT2D eigenvalue weighted by Crippen LogP contribution is -2.46. The van der Waals surface area contributed by atoms with Crippen molar-refractivity contribution in [2.24, 2.45) is 17.6 Å². The van der Waals surface area contributed by atoms with E-state index < -0.39 is 0 Å². The van der Waals surface area contributed by atoms with Crippen LogP contribution in [0.4, 0.5) is 0 Å². The average Bonchev–Trinajstić information content (AvgIpc) is 2.74. The lowest BCUT2D eigenvalue weighted by atomic mass is 9.85. The quantitative estimate of drug-likeness (QED) is 0.669. The highest BCUT2D eigenvalue weighted by Gasteiger charge is 2.46. The maximum absolute atomic E-state index is 5.74. The van der Waals surface area contributed by atoms with Crippen LogP contribution < -0.4 is 5.73 Å². The van der Waals surface area contributed by atoms with E-state index >= 15 is 0 Å². The first-order valence-corrected chi connectivity index (χ1v) is 4.42. The number of methoxy groups -OCH3 is 1. The molecule has 2 heteroatoms. The summed E-state index contributed by atoms with van der Waals surface area (Å²) in [4.78, 5) is 0. The average molecular weight is 157 g/mol. The van der Waals surface area contributed by atoms with Gasteiger partial charge in [-0.05, 0) is 24.7 Å². The topological polar surface area (TPSA) is 35.2 Å². The van der Waals surface area contributed by atoms with E-state index in [1.54, 1.807) is 7.11 Å². The fraction of sp³-hybridized carbons (Fsp3) is 1.00. The number of hydrogen-bond acceptors (Lipinski definition) is 2. The van der Waals surface area contributed by atoms with E-state index in [1.165, 1.54) is 12.8 Å². The minimum Gasteiger partial charge on any atom is -0.376 e. The third-order valence-electron chi connectivity index (χ3n) is 2.94. The zero-order valence-corrected chi connectivity index (χ0v) is 7.76. The fourth-order valence-corrected chi connectivity index (χ4v) is 1.93. The van der Waals surface area contributed by atoms with Crippen molar-refractivity contribution in [3.63, 3.8) is 0 Å². The first-order valence-electron chi connectivity index (χ1n) is 4.42. The minimum absolute atomic E-state index is 0.0278. The summed E-state index contributed by atoms with van der Waals surface area (Å²) >= 11 is 0. The van der Waals surface area contributed by atoms with Crippen LogP contribution in [0.25, 0.3) is 0 Å². The summed E-state index contributed by atoms with van der Waals surface area (Å²) in [5.74, 6) is 1.25. The molecule has 2 N–H and O–H groups in total. The first-order chi connectivity index (χ1) is 5.17. The molecule has 0 aromatic carbocycles. The van der Waals surface area contributed by atoms with Crippen molar-refractivity contribution in [1.29, 1.82) is 0 Å². The lowest BCUT2D eigenvalue weighted by Gasteiger charge is -2.35. The van der Waals surface area contributed by atoms with Crippen molar-refractivity contribution in [2.75, 3.05) is 13.7 Å². The van der Waals surface area contributed by atoms with Crippen LogP contribution in [-0.2, 0) is 4.74 Å². The summed E-state index contributed by atoms with van der Waals surface area (Å²) in [7, 11) is 1.78. The molecule has 0 radical (unpaired) electrons. The van der Waals surface area contributed by atoms with Crippen molar-refractivity contribution in [2.45, 2.75) is 32.3 Å². The van der Waals surface area contributed by atoms with E-state index in [2.05, 4.69) is 13.8 Å². The summed E-state index contributed by atoms with van der Waals surface area (Å²) in [6.07, 6.45) is 2.59. The molecule has 1 aliphatic rings. The maximum Gasteiger partial charge on any atom is 0.0850 e. The Morgan fingerprint density at radius 2 is 2.09 bits per heavy atom. The van der Waals surface area contributed by atoms with Gasteiger partial charge in [0.25, 0.3) is 0 Å². The molecule has 1 saturated carbocycles. The molecule has 0 amide bonds. The van der Waals surface area contributed by atoms with Crippen molar-refractivity contribution < 1.29 is 4.74 Å². The van der Waals surface area contributed by atoms with Crippen molar-refractivity contribution >= 4 is 0 Å². The molecule has 0 aromatic rings. The van der Waals surface area contributed by atoms with Crippen LogP contribution in [0.1, 0.15) is 26.7 Å². The smallest absolute Gasteiger partial charge is 0.0850 e. The molecule has 66 valence electrons. The van der Waals surface area contributed by atoms with Crippen molar-refractivity contribution in [3.8, 4) is 0 Å². The molecule has 0 aromatic heterocycles. The van der Waals surface area contributed by atoms with Crippen molar-refractivity contribution in [3.05, 3.63) is 0 Å². The molecule has 0 bridgehead atoms. The van der Waals surface area contributed by atoms with Gasteiger partial charge in [0.05, 0.1) is 5.60 Å². The lowest BCUT2D eigenvalue weighted by molar-refractivity contribution is -0.0581. The molecule has 0 aliphatic heterocycles. The second kappa shape index (κ2) is 3.11. The van der Waals surface area contributed by atoms with E-state index in [0.29, 0.717) is 12.5 Å². The molecule has 11 heavy (non-hydrogen) atoms. The SMILES string of the molecule is COC(CN)(C(C)C)C1CC1. The molecule has 1 fully saturated rings. The predicted octanol–water partition coefficient (Wildman–Crippen LogP) is 1.40. The van der Waals surface area contributed by atoms with Gasteiger partial charge in [-0.15, -0.1) is 0 Å². The Hall–Kier alpha value is -0.0800. The third-order valence-corrected chi connectivity index (χ3v) is 2.94. The Morgan fingerprint density at radius 1 is 1.55 bits per heavy atom. The monoisotopic (exact) mass is 157 g/mol. The molecular weight excluding hydrogens is 138 g/mol. The van der Waals surface area contributed by atoms with E-state index in [1.807, 2.05) is 0 Å². The molecule has 1 rings (SSSR count). The number of ether oxygens (including phenoxy) is 1. The Labute approximate surface area is 69.1 Å². The Bertz CT molecular complexity index is 122. The van der Waals surface area contributed by atoms with E-state index in [0.717, 1.165) is 5.92 Å². The normalized spacial score (nSPS) is 23.7. The zero-order valence-electron chi connectivity index (χ0n) is 7.76. The van der Waals surface area contributed by atoms with E-state index in [-0.39, 0.29) is 5.60 Å². The van der Waals surface area contributed by atoms with Gasteiger partial charge in [0.2, 0.25) is 0 Å². The molecule has 2 nitrogen and oxygen atoms in total. The van der Waals surface area contributed by atoms with E-state index in [4.69, 9.17) is 10.5 Å². The molecule has 0 heterocycles. The van der Waals surface area contributed by atoms with Crippen molar-refractivity contribution in [1.82, 2.24) is 0 Å². The van der Waals surface area contributed by atoms with Gasteiger partial charge >= 0.3 is 0 Å². The van der Waals surface area contributed by atoms with Gasteiger partial charge in [-0.1, -0.05) is 13.8 Å². The van der Waals surface area contributed by atoms with Crippen LogP contribution in [0.5, 0.6) is 0 Å². The summed E-state index contributed by atoms with van der Waals surface area (Å²) in [5.41, 5.74) is 5.71. The van der Waals surface area contributed by atoms with Gasteiger partial charge < -0.3 is 10.5 Å². The summed E-state index contributed by atoms with van der Waals surface area (Å²) in [6, 6.07) is 0. The molecule has 0 saturated heterocycles. The van der Waals surface area contributed by atoms with Gasteiger partial charge in [0, 0.05) is 13.7 Å². The highest BCUT2D eigenvalue weighted by Crippen LogP contribution is 2.45. The number of nitrogens with two attached hydrogens (primary N) is 1. The van der Waals surface area contributed by atoms with Crippen LogP contribution in [-0.4, -0.2) is 19.3 Å². The molecule has 1 unspecified atom stereocenters. The fourth-order valence-electron chi connectivity index (χ4n) is 1.93. The maximum atomic E-state index is 5.74. The second-order valence-electron chi connectivity index (χ2n) is 3.79. The Morgan fingerprint density at radius 3 is 2.18 bits per heavy atom. The molecule has 1 aliphatic carbocycles. The van der Waals surface area contributed by atoms with Gasteiger partial charge in [-0.25, -0.2) is 0 Å². The van der Waals surface area contributed by atoms with Crippen LogP contribution in [0.3, 0.4) is 0 Å². The Balaban J connectivity index is 2.65. The highest BCUT2D eigenvalue weighted by atomic mass is 16.5. The van der Waals surface area contributed by atoms with Gasteiger partial charge in [0.15, 0.2) is 0 Å². The predicted molar refractivity (Wildman–Crippen MR) is 46.4 cm³/mol. The highest BCUT2D eigenvalue weighted by molar-refractivity contribution is 4.98. The molecule has 0 spiro atoms. The van der Waals surface area contributed by atoms with Crippen LogP contribution in [0, 0.1) is 11.8 Å². The van der Waals surface area contributed by atoms with Crippen LogP contribution in [0.2, 0.25) is 0 Å². The second-order valence-corrected chi connectivity index (χ2v) is 3.79. The zero-order chi connectivity index (χ0) is 8.48. The first kappa shape index (κ1) is 9.01. The van der Waals surface area contributed by atoms with Crippen LogP contribution >= 0.6 is 0 Å². The van der Waals surface area contributed by atoms with Gasteiger partial charge in [-0.2, -0.15) is 0 Å². The summed E-state index contributed by atoms with van der Waals surface area (Å²) in [6.45, 7) is 5.04. The number of rotatable bonds is 4. The third kappa shape index (κ3) is 1.42. The van der Waals surface area contributed by atoms with Crippen LogP contribution in [0.15, 0.2) is 0 Å². The Kier molecular flexibility index (Phi) is 2.55. The molecular formula is C9H19NO. The largest absolute Gasteiger partial charge is 0.376 e. The minimum atomic E-state index is -0.0278. The van der Waals surface area contributed by atoms with Gasteiger partial charge in [-0.3, -0.25) is 0 Å². The summed E-state index contributed by atoms with van der Waals surface area (Å²) in [5, 5.41) is 0. The standard InChI is InChI=1S/C9H19NO/c1-7(2)9(6-10,11-3)8-4-5-8/h7-8H,4-6,10H2,1-3H3. The van der Waals surface area contributed by atoms with E-state index in [9.17, 15) is 0 Å². The molecule has 1 atom stereocenters. The summed E-state index contributed by atoms with van der Waals surface area (Å²) < 4.78 is 5.55.